The number of allylic oxidation sites excluding steroid dienone is 2. The molecule has 0 fully saturated rings. The molecule has 6 heavy (non-hydrogen) atoms. The fourth-order valence-corrected chi connectivity index (χ4v) is 0.154. The number of hydrogen-bond donors (Lipinski definition) is 0. The molecule has 0 heterocycles. The van der Waals surface area contributed by atoms with Crippen LogP contribution >= 0.6 is 11.6 Å². The van der Waals surface area contributed by atoms with Crippen LogP contribution in [0.1, 0.15) is 0 Å². The van der Waals surface area contributed by atoms with E-state index in [-0.39, 0.29) is 26.2 Å². The topological polar surface area (TPSA) is 0 Å². The molecule has 0 unspecified atom stereocenters. The van der Waals surface area contributed by atoms with Gasteiger partial charge in [-0.25, -0.2) is 0 Å². The molecule has 0 saturated heterocycles. The van der Waals surface area contributed by atoms with Crippen molar-refractivity contribution in [2.45, 2.75) is 0 Å². The Morgan fingerprint density at radius 1 is 1.50 bits per heavy atom. The van der Waals surface area contributed by atoms with Crippen molar-refractivity contribution in [2.24, 2.45) is 0 Å². The van der Waals surface area contributed by atoms with E-state index in [9.17, 15) is 0 Å². The van der Waals surface area contributed by atoms with Crippen LogP contribution in [-0.2, 0) is 0 Å². The van der Waals surface area contributed by atoms with E-state index in [4.69, 9.17) is 11.6 Å². The second kappa shape index (κ2) is 9.17. The van der Waals surface area contributed by atoms with Gasteiger partial charge >= 0.3 is 26.2 Å². The van der Waals surface area contributed by atoms with Crippen LogP contribution in [0.15, 0.2) is 24.3 Å². The first-order valence-corrected chi connectivity index (χ1v) is 1.73. The van der Waals surface area contributed by atoms with E-state index in [2.05, 4.69) is 6.58 Å². The van der Waals surface area contributed by atoms with Gasteiger partial charge in [0.2, 0.25) is 0 Å². The number of halogens is 1. The maximum atomic E-state index is 5.05. The Labute approximate surface area is 62.0 Å². The van der Waals surface area contributed by atoms with E-state index in [0.29, 0.717) is 0 Å². The number of rotatable bonds is 1. The molecule has 0 aromatic rings. The first kappa shape index (κ1) is 9.82. The second-order valence-electron chi connectivity index (χ2n) is 0.554. The molecule has 0 saturated carbocycles. The van der Waals surface area contributed by atoms with E-state index in [0.717, 1.165) is 0 Å². The molecule has 0 N–H and O–H groups in total. The van der Waals surface area contributed by atoms with Crippen LogP contribution in [0.2, 0.25) is 0 Å². The summed E-state index contributed by atoms with van der Waals surface area (Å²) >= 11 is 5.05. The average Bonchev–Trinajstić information content (AvgIpc) is 1.41. The molecule has 0 spiro atoms. The van der Waals surface area contributed by atoms with Crippen molar-refractivity contribution >= 4 is 11.6 Å². The molecular formula is C4H6AtCl. The molecule has 0 radical (unpaired) electrons. The van der Waals surface area contributed by atoms with Crippen molar-refractivity contribution in [2.75, 3.05) is 0 Å². The minimum atomic E-state index is 0. The minimum absolute atomic E-state index is 0. The second-order valence-corrected chi connectivity index (χ2v) is 0.806. The molecule has 0 nitrogen and oxygen atoms in total. The summed E-state index contributed by atoms with van der Waals surface area (Å²) in [5, 5.41) is 0. The standard InChI is InChI=1S/C4H5Cl.AtH/c1-2-3-4-5;/h2-4H,1H2;1H. The maximum absolute atomic E-state index is 5.05. The summed E-state index contributed by atoms with van der Waals surface area (Å²) in [6.45, 7) is 3.38. The molecule has 0 bridgehead atoms. The molecule has 0 aromatic heterocycles. The summed E-state index contributed by atoms with van der Waals surface area (Å²) in [5.74, 6) is 0. The third kappa shape index (κ3) is 8.82. The predicted molar refractivity (Wildman–Crippen MR) is 26.6 cm³/mol. The van der Waals surface area contributed by atoms with Gasteiger partial charge in [-0.2, -0.15) is 0 Å². The van der Waals surface area contributed by atoms with Gasteiger partial charge in [-0.05, 0) is 0 Å². The Morgan fingerprint density at radius 2 is 2.00 bits per heavy atom. The number of hydrogen-bond acceptors (Lipinski definition) is 0. The van der Waals surface area contributed by atoms with Gasteiger partial charge in [-0.1, -0.05) is 30.3 Å². The zero-order chi connectivity index (χ0) is 4.12. The van der Waals surface area contributed by atoms with Crippen LogP contribution < -0.4 is 0 Å². The van der Waals surface area contributed by atoms with Gasteiger partial charge < -0.3 is 0 Å². The van der Waals surface area contributed by atoms with Gasteiger partial charge in [0.15, 0.2) is 0 Å². The van der Waals surface area contributed by atoms with Crippen molar-refractivity contribution in [3.05, 3.63) is 24.3 Å². The zero-order valence-corrected chi connectivity index (χ0v) is 7.16. The van der Waals surface area contributed by atoms with Crippen molar-refractivity contribution in [3.8, 4) is 0 Å². The molecule has 0 amide bonds. The molecular weight excluding hydrogens is 293 g/mol. The third-order valence-electron chi connectivity index (χ3n) is 0.209. The van der Waals surface area contributed by atoms with Gasteiger partial charge in [-0.15, -0.1) is 0 Å². The zero-order valence-electron chi connectivity index (χ0n) is 3.23. The molecule has 0 rings (SSSR count). The van der Waals surface area contributed by atoms with E-state index in [1.165, 1.54) is 5.54 Å². The SMILES string of the molecule is C=CC=CCl.[AtH]. The van der Waals surface area contributed by atoms with Gasteiger partial charge in [0.1, 0.15) is 0 Å². The summed E-state index contributed by atoms with van der Waals surface area (Å²) < 4.78 is 0. The molecule has 0 atom stereocenters. The average molecular weight is 300 g/mol. The van der Waals surface area contributed by atoms with E-state index >= 15 is 0 Å². The molecule has 36 valence electrons. The van der Waals surface area contributed by atoms with Crippen molar-refractivity contribution in [3.63, 3.8) is 0 Å². The van der Waals surface area contributed by atoms with Crippen molar-refractivity contribution in [1.82, 2.24) is 0 Å². The fraction of sp³-hybridized carbons (Fsp3) is 0. The van der Waals surface area contributed by atoms with Crippen molar-refractivity contribution < 1.29 is 26.2 Å². The summed E-state index contributed by atoms with van der Waals surface area (Å²) in [5.41, 5.74) is 1.41. The summed E-state index contributed by atoms with van der Waals surface area (Å²) in [6.07, 6.45) is 3.27. The normalized spacial score (nSPS) is 7.50. The third-order valence-corrected chi connectivity index (χ3v) is 0.354. The van der Waals surface area contributed by atoms with Crippen LogP contribution in [0.25, 0.3) is 0 Å². The summed E-state index contributed by atoms with van der Waals surface area (Å²) in [7, 11) is 0. The van der Waals surface area contributed by atoms with Gasteiger partial charge in [0.05, 0.1) is 0 Å². The quantitative estimate of drug-likeness (QED) is 0.646. The Morgan fingerprint density at radius 3 is 2.00 bits per heavy atom. The summed E-state index contributed by atoms with van der Waals surface area (Å²) in [4.78, 5) is 0. The molecule has 0 aliphatic heterocycles. The van der Waals surface area contributed by atoms with E-state index in [1.807, 2.05) is 0 Å². The van der Waals surface area contributed by atoms with Crippen molar-refractivity contribution in [1.29, 1.82) is 0 Å². The molecule has 0 aliphatic carbocycles. The Balaban J connectivity index is 0. The van der Waals surface area contributed by atoms with Crippen LogP contribution in [0.4, 0.5) is 0 Å². The Hall–Kier alpha value is 0.653. The van der Waals surface area contributed by atoms with Gasteiger partial charge in [0.25, 0.3) is 0 Å². The van der Waals surface area contributed by atoms with Crippen LogP contribution in [0, 0.1) is 26.2 Å². The molecule has 0 aliphatic rings. The monoisotopic (exact) mass is 299 g/mol. The Bertz CT molecular complexity index is 49.5. The molecule has 0 aromatic carbocycles. The summed E-state index contributed by atoms with van der Waals surface area (Å²) in [6, 6.07) is 0. The predicted octanol–water partition coefficient (Wildman–Crippen LogP) is 1.66. The van der Waals surface area contributed by atoms with Crippen LogP contribution in [0.5, 0.6) is 0 Å². The van der Waals surface area contributed by atoms with E-state index in [1.54, 1.807) is 12.2 Å². The van der Waals surface area contributed by atoms with Gasteiger partial charge in [0, 0.05) is 5.54 Å². The van der Waals surface area contributed by atoms with Gasteiger partial charge in [-0.3, -0.25) is 0 Å². The molecule has 2 heteroatoms. The van der Waals surface area contributed by atoms with E-state index < -0.39 is 0 Å². The fourth-order valence-electron chi connectivity index (χ4n) is 0.0514. The Kier molecular flexibility index (Phi) is 15.0. The van der Waals surface area contributed by atoms with Crippen LogP contribution in [-0.4, -0.2) is 0 Å². The van der Waals surface area contributed by atoms with Crippen LogP contribution in [0.3, 0.4) is 0 Å². The first-order chi connectivity index (χ1) is 2.41. The first-order valence-electron chi connectivity index (χ1n) is 1.29.